The maximum absolute atomic E-state index is 12.5. The molecule has 0 bridgehead atoms. The van der Waals surface area contributed by atoms with Crippen LogP contribution in [0.3, 0.4) is 0 Å². The Morgan fingerprint density at radius 3 is 2.12 bits per heavy atom. The first-order valence-corrected chi connectivity index (χ1v) is 12.1. The number of likely N-dealkylation sites (tertiary alicyclic amines) is 2. The van der Waals surface area contributed by atoms with Crippen LogP contribution in [-0.2, 0) is 0 Å². The van der Waals surface area contributed by atoms with Gasteiger partial charge in [-0.3, -0.25) is 9.59 Å². The summed E-state index contributed by atoms with van der Waals surface area (Å²) in [6, 6.07) is 15.9. The average molecular weight is 434 g/mol. The van der Waals surface area contributed by atoms with Gasteiger partial charge in [0.25, 0.3) is 5.91 Å². The molecule has 32 heavy (non-hydrogen) atoms. The zero-order chi connectivity index (χ0) is 22.2. The van der Waals surface area contributed by atoms with Gasteiger partial charge in [0.2, 0.25) is 0 Å². The molecule has 0 unspecified atom stereocenters. The minimum atomic E-state index is -0.0170. The largest absolute Gasteiger partial charge is 0.352 e. The molecule has 2 aliphatic heterocycles. The van der Waals surface area contributed by atoms with Crippen LogP contribution in [-0.4, -0.2) is 67.3 Å². The van der Waals surface area contributed by atoms with E-state index in [0.29, 0.717) is 17.7 Å². The highest BCUT2D eigenvalue weighted by Crippen LogP contribution is 2.21. The fourth-order valence-electron chi connectivity index (χ4n) is 4.97. The Labute approximate surface area is 191 Å². The molecule has 4 rings (SSSR count). The van der Waals surface area contributed by atoms with Crippen LogP contribution >= 0.6 is 0 Å². The molecule has 1 N–H and O–H groups in total. The summed E-state index contributed by atoms with van der Waals surface area (Å²) in [5.74, 6) is -0.0170. The maximum atomic E-state index is 12.5. The molecular formula is C27H35N3O2. The van der Waals surface area contributed by atoms with Crippen molar-refractivity contribution in [3.8, 4) is 11.1 Å². The van der Waals surface area contributed by atoms with Gasteiger partial charge in [-0.2, -0.15) is 0 Å². The van der Waals surface area contributed by atoms with E-state index < -0.39 is 0 Å². The van der Waals surface area contributed by atoms with Crippen molar-refractivity contribution in [1.82, 2.24) is 15.1 Å². The minimum absolute atomic E-state index is 0.0170. The van der Waals surface area contributed by atoms with Crippen molar-refractivity contribution < 1.29 is 9.59 Å². The third-order valence-electron chi connectivity index (χ3n) is 6.93. The molecular weight excluding hydrogens is 398 g/mol. The van der Waals surface area contributed by atoms with Gasteiger partial charge in [0, 0.05) is 23.7 Å². The summed E-state index contributed by atoms with van der Waals surface area (Å²) < 4.78 is 0. The second-order valence-corrected chi connectivity index (χ2v) is 9.10. The van der Waals surface area contributed by atoms with E-state index >= 15 is 0 Å². The number of amides is 1. The van der Waals surface area contributed by atoms with Gasteiger partial charge in [-0.1, -0.05) is 42.8 Å². The fourth-order valence-corrected chi connectivity index (χ4v) is 4.97. The SMILES string of the molecule is O=Cc1ccc(-c2ccc(C(=O)NCCCN3CCC(N4CCCCC4)CC3)cc2)cc1. The maximum Gasteiger partial charge on any atom is 0.251 e. The Bertz CT molecular complexity index is 865. The summed E-state index contributed by atoms with van der Waals surface area (Å²) in [5, 5.41) is 3.06. The van der Waals surface area contributed by atoms with E-state index in [2.05, 4.69) is 15.1 Å². The van der Waals surface area contributed by atoms with Crippen LogP contribution < -0.4 is 5.32 Å². The number of nitrogens with one attached hydrogen (secondary N) is 1. The molecule has 2 fully saturated rings. The normalized spacial score (nSPS) is 18.4. The number of piperidine rings is 2. The Morgan fingerprint density at radius 1 is 0.875 bits per heavy atom. The molecule has 2 heterocycles. The summed E-state index contributed by atoms with van der Waals surface area (Å²) in [5.41, 5.74) is 3.41. The monoisotopic (exact) mass is 433 g/mol. The lowest BCUT2D eigenvalue weighted by atomic mass is 10.00. The van der Waals surface area contributed by atoms with E-state index in [4.69, 9.17) is 0 Å². The van der Waals surface area contributed by atoms with Crippen LogP contribution in [0.1, 0.15) is 59.2 Å². The standard InChI is InChI=1S/C27H35N3O2/c31-21-22-5-7-23(8-6-22)24-9-11-25(12-10-24)27(32)28-15-4-16-29-19-13-26(14-20-29)30-17-2-1-3-18-30/h5-12,21,26H,1-4,13-20H2,(H,28,32). The number of carbonyl (C=O) groups excluding carboxylic acids is 2. The Hall–Kier alpha value is -2.50. The predicted octanol–water partition coefficient (Wildman–Crippen LogP) is 4.24. The lowest BCUT2D eigenvalue weighted by molar-refractivity contribution is 0.0902. The van der Waals surface area contributed by atoms with Crippen molar-refractivity contribution in [1.29, 1.82) is 0 Å². The second-order valence-electron chi connectivity index (χ2n) is 9.10. The topological polar surface area (TPSA) is 52.7 Å². The summed E-state index contributed by atoms with van der Waals surface area (Å²) in [7, 11) is 0. The summed E-state index contributed by atoms with van der Waals surface area (Å²) >= 11 is 0. The smallest absolute Gasteiger partial charge is 0.251 e. The molecule has 2 aliphatic rings. The molecule has 0 saturated carbocycles. The van der Waals surface area contributed by atoms with Crippen molar-refractivity contribution in [3.63, 3.8) is 0 Å². The molecule has 5 nitrogen and oxygen atoms in total. The van der Waals surface area contributed by atoms with Crippen LogP contribution in [0.25, 0.3) is 11.1 Å². The van der Waals surface area contributed by atoms with Crippen molar-refractivity contribution in [2.75, 3.05) is 39.3 Å². The van der Waals surface area contributed by atoms with E-state index in [1.54, 1.807) is 12.1 Å². The van der Waals surface area contributed by atoms with E-state index in [-0.39, 0.29) is 5.91 Å². The molecule has 1 amide bonds. The van der Waals surface area contributed by atoms with Gasteiger partial charge < -0.3 is 15.1 Å². The van der Waals surface area contributed by atoms with E-state index in [1.807, 2.05) is 36.4 Å². The van der Waals surface area contributed by atoms with Crippen LogP contribution in [0, 0.1) is 0 Å². The summed E-state index contributed by atoms with van der Waals surface area (Å²) in [4.78, 5) is 28.5. The number of hydrogen-bond acceptors (Lipinski definition) is 4. The quantitative estimate of drug-likeness (QED) is 0.500. The molecule has 0 spiro atoms. The van der Waals surface area contributed by atoms with Gasteiger partial charge in [-0.15, -0.1) is 0 Å². The predicted molar refractivity (Wildman–Crippen MR) is 129 cm³/mol. The Kier molecular flexibility index (Phi) is 8.07. The first-order chi connectivity index (χ1) is 15.7. The molecule has 0 aromatic heterocycles. The molecule has 5 heteroatoms. The van der Waals surface area contributed by atoms with Gasteiger partial charge >= 0.3 is 0 Å². The number of nitrogens with zero attached hydrogens (tertiary/aromatic N) is 2. The third-order valence-corrected chi connectivity index (χ3v) is 6.93. The number of benzene rings is 2. The first-order valence-electron chi connectivity index (χ1n) is 12.1. The lowest BCUT2D eigenvalue weighted by Gasteiger charge is -2.40. The lowest BCUT2D eigenvalue weighted by Crippen LogP contribution is -2.47. The molecule has 0 aliphatic carbocycles. The average Bonchev–Trinajstić information content (AvgIpc) is 2.87. The van der Waals surface area contributed by atoms with Crippen LogP contribution in [0.15, 0.2) is 48.5 Å². The Balaban J connectivity index is 1.15. The van der Waals surface area contributed by atoms with Crippen LogP contribution in [0.4, 0.5) is 0 Å². The molecule has 170 valence electrons. The first kappa shape index (κ1) is 22.7. The summed E-state index contributed by atoms with van der Waals surface area (Å²) in [6.45, 7) is 6.73. The van der Waals surface area contributed by atoms with E-state index in [9.17, 15) is 9.59 Å². The highest BCUT2D eigenvalue weighted by molar-refractivity contribution is 5.94. The van der Waals surface area contributed by atoms with Crippen molar-refractivity contribution in [3.05, 3.63) is 59.7 Å². The highest BCUT2D eigenvalue weighted by atomic mass is 16.1. The van der Waals surface area contributed by atoms with E-state index in [0.717, 1.165) is 36.4 Å². The molecule has 2 saturated heterocycles. The number of aldehydes is 1. The molecule has 2 aromatic carbocycles. The van der Waals surface area contributed by atoms with Crippen LogP contribution in [0.5, 0.6) is 0 Å². The molecule has 2 aromatic rings. The molecule has 0 radical (unpaired) electrons. The zero-order valence-electron chi connectivity index (χ0n) is 19.0. The van der Waals surface area contributed by atoms with Gasteiger partial charge in [-0.05, 0) is 88.1 Å². The van der Waals surface area contributed by atoms with Gasteiger partial charge in [0.15, 0.2) is 0 Å². The van der Waals surface area contributed by atoms with Gasteiger partial charge in [0.05, 0.1) is 0 Å². The number of hydrogen-bond donors (Lipinski definition) is 1. The number of rotatable bonds is 8. The molecule has 0 atom stereocenters. The van der Waals surface area contributed by atoms with Crippen molar-refractivity contribution in [2.24, 2.45) is 0 Å². The zero-order valence-corrected chi connectivity index (χ0v) is 19.0. The fraction of sp³-hybridized carbons (Fsp3) is 0.481. The third kappa shape index (κ3) is 6.05. The summed E-state index contributed by atoms with van der Waals surface area (Å²) in [6.07, 6.45) is 8.55. The second kappa shape index (κ2) is 11.4. The Morgan fingerprint density at radius 2 is 1.50 bits per heavy atom. The van der Waals surface area contributed by atoms with Crippen molar-refractivity contribution >= 4 is 12.2 Å². The number of carbonyl (C=O) groups is 2. The van der Waals surface area contributed by atoms with Gasteiger partial charge in [0.1, 0.15) is 6.29 Å². The van der Waals surface area contributed by atoms with Gasteiger partial charge in [-0.25, -0.2) is 0 Å². The van der Waals surface area contributed by atoms with E-state index in [1.165, 1.54) is 58.3 Å². The van der Waals surface area contributed by atoms with Crippen LogP contribution in [0.2, 0.25) is 0 Å². The minimum Gasteiger partial charge on any atom is -0.352 e. The van der Waals surface area contributed by atoms with Crippen molar-refractivity contribution in [2.45, 2.75) is 44.6 Å². The highest BCUT2D eigenvalue weighted by Gasteiger charge is 2.25.